The molecule has 3 N–H and O–H groups in total. The number of aliphatic carboxylic acids is 1. The topological polar surface area (TPSA) is 103 Å². The summed E-state index contributed by atoms with van der Waals surface area (Å²) in [6.07, 6.45) is 3.33. The minimum absolute atomic E-state index is 0.0398. The molecular weight excluding hydrogens is 504 g/mol. The van der Waals surface area contributed by atoms with Crippen molar-refractivity contribution in [3.05, 3.63) is 101 Å². The normalized spacial score (nSPS) is 18.0. The highest BCUT2D eigenvalue weighted by atomic mass is 16.7. The molecule has 1 fully saturated rings. The number of piperidine rings is 1. The first-order valence-corrected chi connectivity index (χ1v) is 13.8. The highest BCUT2D eigenvalue weighted by molar-refractivity contribution is 5.97. The summed E-state index contributed by atoms with van der Waals surface area (Å²) in [5, 5.41) is 12.5. The Morgan fingerprint density at radius 3 is 2.20 bits per heavy atom. The van der Waals surface area contributed by atoms with Crippen LogP contribution >= 0.6 is 0 Å². The van der Waals surface area contributed by atoms with Crippen LogP contribution in [0.2, 0.25) is 0 Å². The quantitative estimate of drug-likeness (QED) is 0.365. The number of hydrogen-bond acceptors (Lipinski definition) is 6. The summed E-state index contributed by atoms with van der Waals surface area (Å²) in [4.78, 5) is 37.6. The second-order valence-corrected chi connectivity index (χ2v) is 11.4. The van der Waals surface area contributed by atoms with Gasteiger partial charge in [-0.05, 0) is 77.8 Å². The van der Waals surface area contributed by atoms with Crippen molar-refractivity contribution >= 4 is 23.5 Å². The Morgan fingerprint density at radius 2 is 1.60 bits per heavy atom. The van der Waals surface area contributed by atoms with Gasteiger partial charge in [0.15, 0.2) is 12.2 Å². The molecule has 40 heavy (non-hydrogen) atoms. The van der Waals surface area contributed by atoms with E-state index in [0.717, 1.165) is 29.8 Å². The lowest BCUT2D eigenvalue weighted by atomic mass is 9.86. The second-order valence-electron chi connectivity index (χ2n) is 11.4. The lowest BCUT2D eigenvalue weighted by molar-refractivity contribution is -0.139. The summed E-state index contributed by atoms with van der Waals surface area (Å²) in [5.74, 6) is -1.07. The minimum atomic E-state index is -1.19. The maximum Gasteiger partial charge on any atom is 0.330 e. The van der Waals surface area contributed by atoms with Crippen LogP contribution in [0.5, 0.6) is 0 Å². The predicted molar refractivity (Wildman–Crippen MR) is 155 cm³/mol. The highest BCUT2D eigenvalue weighted by Gasteiger charge is 2.26. The predicted octanol–water partition coefficient (Wildman–Crippen LogP) is 5.51. The first-order valence-electron chi connectivity index (χ1n) is 13.8. The number of carboxylic acid groups (broad SMARTS) is 1. The van der Waals surface area contributed by atoms with E-state index in [-0.39, 0.29) is 5.41 Å². The molecule has 0 spiro atoms. The minimum Gasteiger partial charge on any atom is -0.479 e. The van der Waals surface area contributed by atoms with Gasteiger partial charge in [-0.1, -0.05) is 57.2 Å². The zero-order valence-corrected chi connectivity index (χ0v) is 23.2. The van der Waals surface area contributed by atoms with E-state index in [1.807, 2.05) is 24.3 Å². The number of anilines is 1. The third kappa shape index (κ3) is 6.18. The van der Waals surface area contributed by atoms with Crippen molar-refractivity contribution in [1.29, 1.82) is 0 Å². The Bertz CT molecular complexity index is 1370. The van der Waals surface area contributed by atoms with E-state index < -0.39 is 24.1 Å². The van der Waals surface area contributed by atoms with Crippen LogP contribution in [0.3, 0.4) is 0 Å². The summed E-state index contributed by atoms with van der Waals surface area (Å²) < 4.78 is 0. The van der Waals surface area contributed by atoms with E-state index in [1.165, 1.54) is 24.9 Å². The number of aliphatic imine (C=N–C) groups is 1. The molecular formula is C32H36N4O4. The average molecular weight is 541 g/mol. The highest BCUT2D eigenvalue weighted by Crippen LogP contribution is 2.26. The molecule has 208 valence electrons. The number of benzene rings is 3. The van der Waals surface area contributed by atoms with Gasteiger partial charge in [0, 0.05) is 29.9 Å². The third-order valence-corrected chi connectivity index (χ3v) is 7.47. The monoisotopic (exact) mass is 540 g/mol. The molecule has 2 aliphatic heterocycles. The van der Waals surface area contributed by atoms with Gasteiger partial charge in [0.1, 0.15) is 0 Å². The van der Waals surface area contributed by atoms with Crippen LogP contribution in [0.25, 0.3) is 0 Å². The zero-order valence-electron chi connectivity index (χ0n) is 23.2. The molecule has 3 aromatic rings. The van der Waals surface area contributed by atoms with Crippen molar-refractivity contribution in [2.75, 3.05) is 18.0 Å². The van der Waals surface area contributed by atoms with E-state index in [2.05, 4.69) is 53.6 Å². The molecule has 2 atom stereocenters. The van der Waals surface area contributed by atoms with E-state index in [9.17, 15) is 14.7 Å². The van der Waals surface area contributed by atoms with Gasteiger partial charge in [-0.25, -0.2) is 9.79 Å². The van der Waals surface area contributed by atoms with E-state index in [0.29, 0.717) is 17.0 Å². The van der Waals surface area contributed by atoms with Gasteiger partial charge >= 0.3 is 5.97 Å². The van der Waals surface area contributed by atoms with Crippen LogP contribution in [-0.2, 0) is 15.0 Å². The van der Waals surface area contributed by atoms with Crippen molar-refractivity contribution in [1.82, 2.24) is 10.8 Å². The number of hydroxylamine groups is 1. The summed E-state index contributed by atoms with van der Waals surface area (Å²) in [6.45, 7) is 8.47. The molecule has 2 unspecified atom stereocenters. The van der Waals surface area contributed by atoms with Crippen LogP contribution in [0.1, 0.15) is 84.9 Å². The molecule has 0 radical (unpaired) electrons. The molecule has 0 aromatic heterocycles. The van der Waals surface area contributed by atoms with E-state index >= 15 is 0 Å². The molecule has 8 heteroatoms. The van der Waals surface area contributed by atoms with Crippen LogP contribution < -0.4 is 15.7 Å². The van der Waals surface area contributed by atoms with Gasteiger partial charge in [-0.2, -0.15) is 0 Å². The number of nitrogens with zero attached hydrogens (tertiary/aromatic N) is 2. The van der Waals surface area contributed by atoms with Crippen LogP contribution in [0, 0.1) is 0 Å². The maximum absolute atomic E-state index is 12.8. The molecule has 2 aliphatic rings. The molecule has 1 saturated heterocycles. The molecule has 2 heterocycles. The molecule has 1 amide bonds. The summed E-state index contributed by atoms with van der Waals surface area (Å²) in [5.41, 5.74) is 7.79. The van der Waals surface area contributed by atoms with Gasteiger partial charge in [0.2, 0.25) is 5.90 Å². The van der Waals surface area contributed by atoms with Crippen molar-refractivity contribution in [2.45, 2.75) is 57.7 Å². The number of carboxylic acids is 1. The van der Waals surface area contributed by atoms with Crippen LogP contribution in [0.4, 0.5) is 5.69 Å². The van der Waals surface area contributed by atoms with Gasteiger partial charge in [-0.3, -0.25) is 4.79 Å². The Balaban J connectivity index is 1.24. The second kappa shape index (κ2) is 11.5. The summed E-state index contributed by atoms with van der Waals surface area (Å²) in [6, 6.07) is 21.3. The zero-order chi connectivity index (χ0) is 28.3. The fourth-order valence-corrected chi connectivity index (χ4v) is 5.02. The van der Waals surface area contributed by atoms with Crippen molar-refractivity contribution in [3.8, 4) is 0 Å². The van der Waals surface area contributed by atoms with Crippen molar-refractivity contribution < 1.29 is 19.5 Å². The maximum atomic E-state index is 12.8. The van der Waals surface area contributed by atoms with E-state index in [4.69, 9.17) is 4.84 Å². The number of amides is 1. The molecule has 0 saturated carbocycles. The first kappa shape index (κ1) is 27.4. The largest absolute Gasteiger partial charge is 0.479 e. The lowest BCUT2D eigenvalue weighted by Gasteiger charge is -2.28. The Kier molecular flexibility index (Phi) is 7.89. The summed E-state index contributed by atoms with van der Waals surface area (Å²) >= 11 is 0. The van der Waals surface area contributed by atoms with Crippen molar-refractivity contribution in [2.24, 2.45) is 4.99 Å². The Morgan fingerprint density at radius 1 is 0.950 bits per heavy atom. The number of rotatable bonds is 7. The first-order chi connectivity index (χ1) is 19.2. The van der Waals surface area contributed by atoms with E-state index in [1.54, 1.807) is 36.4 Å². The number of carbonyl (C=O) groups excluding carboxylic acids is 1. The van der Waals surface area contributed by atoms with Crippen molar-refractivity contribution in [3.63, 3.8) is 0 Å². The van der Waals surface area contributed by atoms with Gasteiger partial charge in [0.25, 0.3) is 5.91 Å². The lowest BCUT2D eigenvalue weighted by Crippen LogP contribution is -2.33. The average Bonchev–Trinajstić information content (AvgIpc) is 3.46. The SMILES string of the molecule is CC(C)(C)c1ccc(C(=O)NC(C(=O)O)c2ccc(C3N=C(c4ccc(N5CCCCC5)cc4)ON3)cc2)cc1. The fraction of sp³-hybridized carbons (Fsp3) is 0.344. The standard InChI is InChI=1S/C32H36N4O4/c1-32(2,3)25-15-11-23(12-16-25)29(37)33-27(31(38)39)21-7-9-22(10-8-21)28-34-30(40-35-28)24-13-17-26(18-14-24)36-19-5-4-6-20-36/h7-18,27-28,35H,4-6,19-20H2,1-3H3,(H,33,37)(H,38,39). The number of carbonyl (C=O) groups is 2. The molecule has 0 aliphatic carbocycles. The van der Waals surface area contributed by atoms with Crippen LogP contribution in [-0.4, -0.2) is 36.0 Å². The Hall–Kier alpha value is -4.17. The van der Waals surface area contributed by atoms with Crippen LogP contribution in [0.15, 0.2) is 77.8 Å². The molecule has 5 rings (SSSR count). The molecule has 8 nitrogen and oxygen atoms in total. The van der Waals surface area contributed by atoms with Gasteiger partial charge in [0.05, 0.1) is 0 Å². The Labute approximate surface area is 235 Å². The molecule has 0 bridgehead atoms. The fourth-order valence-electron chi connectivity index (χ4n) is 5.02. The molecule has 3 aromatic carbocycles. The van der Waals surface area contributed by atoms with Gasteiger partial charge < -0.3 is 20.2 Å². The smallest absolute Gasteiger partial charge is 0.330 e. The summed E-state index contributed by atoms with van der Waals surface area (Å²) in [7, 11) is 0. The number of nitrogens with one attached hydrogen (secondary N) is 2. The third-order valence-electron chi connectivity index (χ3n) is 7.47. The number of hydrogen-bond donors (Lipinski definition) is 3. The van der Waals surface area contributed by atoms with Gasteiger partial charge in [-0.15, -0.1) is 5.48 Å².